The molecule has 0 aromatic heterocycles. The zero-order valence-corrected chi connectivity index (χ0v) is 14.6. The first-order valence-electron chi connectivity index (χ1n) is 7.60. The third kappa shape index (κ3) is 4.05. The molecule has 0 atom stereocenters. The highest BCUT2D eigenvalue weighted by molar-refractivity contribution is 5.76. The number of nitrogens with zero attached hydrogens (tertiary/aromatic N) is 2. The van der Waals surface area contributed by atoms with Gasteiger partial charge in [-0.05, 0) is 35.4 Å². The Morgan fingerprint density at radius 3 is 1.12 bits per heavy atom. The predicted molar refractivity (Wildman–Crippen MR) is 90.5 cm³/mol. The zero-order valence-electron chi connectivity index (χ0n) is 14.6. The topological polar surface area (TPSA) is 6.48 Å². The maximum Gasteiger partial charge on any atom is 0.417 e. The first-order valence-corrected chi connectivity index (χ1v) is 7.60. The molecule has 142 valence electrons. The standard InChI is InChI=1S/C18H18F6N2/c1-25(2)11-5-7-13(15(9-11)17(19,20)21)14-8-6-12(26(3)4)10-16(14)18(22,23)24/h5-10H,1-4H3. The molecule has 0 aliphatic rings. The highest BCUT2D eigenvalue weighted by Crippen LogP contribution is 2.44. The van der Waals surface area contributed by atoms with Crippen molar-refractivity contribution in [3.63, 3.8) is 0 Å². The summed E-state index contributed by atoms with van der Waals surface area (Å²) in [6.07, 6.45) is -9.57. The number of halogens is 6. The van der Waals surface area contributed by atoms with Crippen LogP contribution in [0.2, 0.25) is 0 Å². The second-order valence-electron chi connectivity index (χ2n) is 6.24. The molecule has 0 aliphatic carbocycles. The Labute approximate surface area is 147 Å². The summed E-state index contributed by atoms with van der Waals surface area (Å²) >= 11 is 0. The van der Waals surface area contributed by atoms with E-state index >= 15 is 0 Å². The number of anilines is 2. The Hall–Kier alpha value is -2.38. The molecule has 0 unspecified atom stereocenters. The van der Waals surface area contributed by atoms with Gasteiger partial charge in [0.1, 0.15) is 0 Å². The molecule has 0 aliphatic heterocycles. The monoisotopic (exact) mass is 376 g/mol. The van der Waals surface area contributed by atoms with E-state index in [4.69, 9.17) is 0 Å². The van der Waals surface area contributed by atoms with Gasteiger partial charge in [0.25, 0.3) is 0 Å². The minimum atomic E-state index is -4.79. The summed E-state index contributed by atoms with van der Waals surface area (Å²) in [5.74, 6) is 0. The van der Waals surface area contributed by atoms with Gasteiger partial charge in [0.05, 0.1) is 11.1 Å². The van der Waals surface area contributed by atoms with E-state index in [-0.39, 0.29) is 11.4 Å². The van der Waals surface area contributed by atoms with Gasteiger partial charge in [0.2, 0.25) is 0 Å². The Balaban J connectivity index is 2.79. The number of hydrogen-bond donors (Lipinski definition) is 0. The van der Waals surface area contributed by atoms with Crippen molar-refractivity contribution in [2.75, 3.05) is 38.0 Å². The van der Waals surface area contributed by atoms with Crippen molar-refractivity contribution in [3.05, 3.63) is 47.5 Å². The lowest BCUT2D eigenvalue weighted by molar-refractivity contribution is -0.139. The van der Waals surface area contributed by atoms with Crippen LogP contribution in [-0.4, -0.2) is 28.2 Å². The minimum absolute atomic E-state index is 0.250. The van der Waals surface area contributed by atoms with Crippen LogP contribution >= 0.6 is 0 Å². The maximum atomic E-state index is 13.5. The molecule has 0 bridgehead atoms. The first-order chi connectivity index (χ1) is 11.8. The fraction of sp³-hybridized carbons (Fsp3) is 0.333. The normalized spacial score (nSPS) is 12.2. The molecule has 2 nitrogen and oxygen atoms in total. The smallest absolute Gasteiger partial charge is 0.378 e. The molecule has 2 rings (SSSR count). The minimum Gasteiger partial charge on any atom is -0.378 e. The van der Waals surface area contributed by atoms with Crippen molar-refractivity contribution >= 4 is 11.4 Å². The van der Waals surface area contributed by atoms with E-state index in [0.717, 1.165) is 24.3 Å². The first kappa shape index (κ1) is 19.9. The van der Waals surface area contributed by atoms with Gasteiger partial charge in [0, 0.05) is 39.6 Å². The van der Waals surface area contributed by atoms with Crippen molar-refractivity contribution < 1.29 is 26.3 Å². The van der Waals surface area contributed by atoms with E-state index in [1.165, 1.54) is 21.9 Å². The third-order valence-electron chi connectivity index (χ3n) is 3.94. The van der Waals surface area contributed by atoms with Crippen LogP contribution < -0.4 is 9.80 Å². The van der Waals surface area contributed by atoms with E-state index in [9.17, 15) is 26.3 Å². The van der Waals surface area contributed by atoms with Crippen LogP contribution in [0.25, 0.3) is 11.1 Å². The fourth-order valence-electron chi connectivity index (χ4n) is 2.56. The van der Waals surface area contributed by atoms with Crippen molar-refractivity contribution in [2.45, 2.75) is 12.4 Å². The second-order valence-corrected chi connectivity index (χ2v) is 6.24. The SMILES string of the molecule is CN(C)c1ccc(-c2ccc(N(C)C)cc2C(F)(F)F)c(C(F)(F)F)c1. The number of alkyl halides is 6. The van der Waals surface area contributed by atoms with Gasteiger partial charge >= 0.3 is 12.4 Å². The van der Waals surface area contributed by atoms with Crippen LogP contribution in [-0.2, 0) is 12.4 Å². The van der Waals surface area contributed by atoms with E-state index in [1.807, 2.05) is 0 Å². The van der Waals surface area contributed by atoms with Crippen molar-refractivity contribution in [2.24, 2.45) is 0 Å². The molecule has 0 saturated heterocycles. The molecule has 8 heteroatoms. The second kappa shape index (κ2) is 6.74. The maximum absolute atomic E-state index is 13.5. The van der Waals surface area contributed by atoms with Gasteiger partial charge in [-0.15, -0.1) is 0 Å². The summed E-state index contributed by atoms with van der Waals surface area (Å²) in [4.78, 5) is 2.91. The molecule has 0 radical (unpaired) electrons. The predicted octanol–water partition coefficient (Wildman–Crippen LogP) is 5.52. The van der Waals surface area contributed by atoms with Crippen LogP contribution in [0.1, 0.15) is 11.1 Å². The molecule has 0 N–H and O–H groups in total. The molecule has 2 aromatic carbocycles. The average molecular weight is 376 g/mol. The Morgan fingerprint density at radius 2 is 0.885 bits per heavy atom. The van der Waals surface area contributed by atoms with Crippen LogP contribution in [0, 0.1) is 0 Å². The van der Waals surface area contributed by atoms with Gasteiger partial charge in [-0.1, -0.05) is 12.1 Å². The highest BCUT2D eigenvalue weighted by atomic mass is 19.4. The molecule has 0 heterocycles. The van der Waals surface area contributed by atoms with E-state index in [0.29, 0.717) is 0 Å². The summed E-state index contributed by atoms with van der Waals surface area (Å²) in [5, 5.41) is 0. The Kier molecular flexibility index (Phi) is 5.17. The molecular weight excluding hydrogens is 358 g/mol. The average Bonchev–Trinajstić information content (AvgIpc) is 2.52. The highest BCUT2D eigenvalue weighted by Gasteiger charge is 2.38. The molecule has 2 aromatic rings. The Bertz CT molecular complexity index is 724. The van der Waals surface area contributed by atoms with Gasteiger partial charge < -0.3 is 9.80 Å². The number of benzene rings is 2. The molecule has 0 saturated carbocycles. The molecule has 0 fully saturated rings. The largest absolute Gasteiger partial charge is 0.417 e. The Morgan fingerprint density at radius 1 is 0.577 bits per heavy atom. The molecular formula is C18H18F6N2. The summed E-state index contributed by atoms with van der Waals surface area (Å²) in [6.45, 7) is 0. The number of rotatable bonds is 3. The lowest BCUT2D eigenvalue weighted by Crippen LogP contribution is -2.15. The van der Waals surface area contributed by atoms with Crippen molar-refractivity contribution in [1.82, 2.24) is 0 Å². The molecule has 0 spiro atoms. The molecule has 0 amide bonds. The fourth-order valence-corrected chi connectivity index (χ4v) is 2.56. The lowest BCUT2D eigenvalue weighted by Gasteiger charge is -2.22. The zero-order chi connectivity index (χ0) is 19.9. The van der Waals surface area contributed by atoms with Crippen molar-refractivity contribution in [3.8, 4) is 11.1 Å². The summed E-state index contributed by atoms with van der Waals surface area (Å²) in [7, 11) is 6.23. The summed E-state index contributed by atoms with van der Waals surface area (Å²) in [5.41, 5.74) is -2.71. The van der Waals surface area contributed by atoms with E-state index < -0.39 is 34.6 Å². The van der Waals surface area contributed by atoms with Gasteiger partial charge in [-0.3, -0.25) is 0 Å². The summed E-state index contributed by atoms with van der Waals surface area (Å²) < 4.78 is 81.0. The van der Waals surface area contributed by atoms with Crippen molar-refractivity contribution in [1.29, 1.82) is 0 Å². The van der Waals surface area contributed by atoms with Gasteiger partial charge in [-0.2, -0.15) is 26.3 Å². The van der Waals surface area contributed by atoms with Crippen LogP contribution in [0.4, 0.5) is 37.7 Å². The van der Waals surface area contributed by atoms with E-state index in [2.05, 4.69) is 0 Å². The van der Waals surface area contributed by atoms with Crippen LogP contribution in [0.5, 0.6) is 0 Å². The number of hydrogen-bond acceptors (Lipinski definition) is 2. The third-order valence-corrected chi connectivity index (χ3v) is 3.94. The lowest BCUT2D eigenvalue weighted by atomic mass is 9.93. The van der Waals surface area contributed by atoms with Gasteiger partial charge in [-0.25, -0.2) is 0 Å². The van der Waals surface area contributed by atoms with Gasteiger partial charge in [0.15, 0.2) is 0 Å². The van der Waals surface area contributed by atoms with Crippen LogP contribution in [0.3, 0.4) is 0 Å². The quantitative estimate of drug-likeness (QED) is 0.651. The molecule has 26 heavy (non-hydrogen) atoms. The van der Waals surface area contributed by atoms with Crippen LogP contribution in [0.15, 0.2) is 36.4 Å². The summed E-state index contributed by atoms with van der Waals surface area (Å²) in [6, 6.07) is 6.61. The van der Waals surface area contributed by atoms with E-state index in [1.54, 1.807) is 28.2 Å².